The number of hydrogen-bond donors (Lipinski definition) is 0. The lowest BCUT2D eigenvalue weighted by Crippen LogP contribution is -2.37. The Labute approximate surface area is 234 Å². The van der Waals surface area contributed by atoms with Crippen LogP contribution in [0.3, 0.4) is 0 Å². The zero-order valence-electron chi connectivity index (χ0n) is 26.1. The molecule has 0 radical (unpaired) electrons. The summed E-state index contributed by atoms with van der Waals surface area (Å²) in [6, 6.07) is 0. The van der Waals surface area contributed by atoms with E-state index in [0.717, 1.165) is 0 Å². The van der Waals surface area contributed by atoms with Crippen LogP contribution in [-0.2, 0) is 19.5 Å². The van der Waals surface area contributed by atoms with Gasteiger partial charge in [0.05, 0.1) is 13.1 Å². The standard InChI is InChI=1S/C35H69N2/c1-4-7-10-12-14-15-16-17-18-19-20-21-22-23-24-25-27-30-35-36(31-28-9-6-3)33-34-37(35)32-29-26-13-11-8-5-2/h33-34H,4-32H2,1-3H3/q+1. The molecule has 0 aliphatic heterocycles. The fourth-order valence-corrected chi connectivity index (χ4v) is 5.80. The molecule has 0 fully saturated rings. The van der Waals surface area contributed by atoms with Gasteiger partial charge in [-0.15, -0.1) is 0 Å². The molecule has 0 saturated heterocycles. The molecular weight excluding hydrogens is 448 g/mol. The highest BCUT2D eigenvalue weighted by atomic mass is 15.1. The van der Waals surface area contributed by atoms with Crippen molar-refractivity contribution >= 4 is 0 Å². The maximum atomic E-state index is 2.60. The normalized spacial score (nSPS) is 11.5. The van der Waals surface area contributed by atoms with Crippen LogP contribution in [-0.4, -0.2) is 4.57 Å². The van der Waals surface area contributed by atoms with Gasteiger partial charge in [-0.2, -0.15) is 0 Å². The van der Waals surface area contributed by atoms with Crippen molar-refractivity contribution in [3.8, 4) is 0 Å². The number of nitrogens with zero attached hydrogens (tertiary/aromatic N) is 2. The van der Waals surface area contributed by atoms with Crippen molar-refractivity contribution < 1.29 is 4.57 Å². The second kappa shape index (κ2) is 26.8. The first-order valence-electron chi connectivity index (χ1n) is 17.4. The molecule has 1 heterocycles. The summed E-state index contributed by atoms with van der Waals surface area (Å²) in [7, 11) is 0. The first kappa shape index (κ1) is 34.2. The molecule has 0 saturated carbocycles. The quantitative estimate of drug-likeness (QED) is 0.0737. The van der Waals surface area contributed by atoms with Crippen molar-refractivity contribution in [2.45, 2.75) is 207 Å². The number of rotatable bonds is 29. The summed E-state index contributed by atoms with van der Waals surface area (Å²) in [5, 5.41) is 0. The molecule has 0 aliphatic carbocycles. The smallest absolute Gasteiger partial charge is 0.234 e. The Bertz CT molecular complexity index is 576. The molecule has 37 heavy (non-hydrogen) atoms. The number of unbranched alkanes of at least 4 members (excludes halogenated alkanes) is 23. The fraction of sp³-hybridized carbons (Fsp3) is 0.914. The third-order valence-electron chi connectivity index (χ3n) is 8.35. The molecule has 0 aliphatic rings. The summed E-state index contributed by atoms with van der Waals surface area (Å²) in [6.45, 7) is 9.36. The van der Waals surface area contributed by atoms with Gasteiger partial charge < -0.3 is 0 Å². The minimum atomic E-state index is 1.21. The number of aryl methyl sites for hydroxylation is 2. The zero-order valence-corrected chi connectivity index (χ0v) is 26.1. The third-order valence-corrected chi connectivity index (χ3v) is 8.35. The van der Waals surface area contributed by atoms with E-state index >= 15 is 0 Å². The van der Waals surface area contributed by atoms with E-state index in [1.54, 1.807) is 5.82 Å². The summed E-state index contributed by atoms with van der Waals surface area (Å²) in [4.78, 5) is 0. The second-order valence-electron chi connectivity index (χ2n) is 12.0. The average Bonchev–Trinajstić information content (AvgIpc) is 3.29. The van der Waals surface area contributed by atoms with Gasteiger partial charge in [-0.3, -0.25) is 0 Å². The van der Waals surface area contributed by atoms with Crippen molar-refractivity contribution in [2.24, 2.45) is 0 Å². The molecule has 2 heteroatoms. The maximum Gasteiger partial charge on any atom is 0.256 e. The van der Waals surface area contributed by atoms with Crippen molar-refractivity contribution in [3.05, 3.63) is 18.2 Å². The summed E-state index contributed by atoms with van der Waals surface area (Å²) < 4.78 is 5.18. The summed E-state index contributed by atoms with van der Waals surface area (Å²) in [5.41, 5.74) is 0. The lowest BCUT2D eigenvalue weighted by atomic mass is 10.0. The van der Waals surface area contributed by atoms with Crippen LogP contribution in [0.1, 0.15) is 194 Å². The Hall–Kier alpha value is -0.790. The average molecular weight is 518 g/mol. The van der Waals surface area contributed by atoms with Crippen LogP contribution in [0, 0.1) is 0 Å². The summed E-state index contributed by atoms with van der Waals surface area (Å²) >= 11 is 0. The number of hydrogen-bond acceptors (Lipinski definition) is 0. The fourth-order valence-electron chi connectivity index (χ4n) is 5.80. The van der Waals surface area contributed by atoms with Gasteiger partial charge >= 0.3 is 0 Å². The van der Waals surface area contributed by atoms with Crippen LogP contribution < -0.4 is 4.57 Å². The molecule has 1 rings (SSSR count). The van der Waals surface area contributed by atoms with E-state index in [2.05, 4.69) is 42.3 Å². The molecule has 0 amide bonds. The zero-order chi connectivity index (χ0) is 26.7. The van der Waals surface area contributed by atoms with E-state index in [4.69, 9.17) is 0 Å². The first-order chi connectivity index (χ1) is 18.3. The van der Waals surface area contributed by atoms with E-state index in [0.29, 0.717) is 0 Å². The Balaban J connectivity index is 2.09. The van der Waals surface area contributed by atoms with Gasteiger partial charge in [-0.05, 0) is 32.1 Å². The highest BCUT2D eigenvalue weighted by Gasteiger charge is 2.16. The van der Waals surface area contributed by atoms with Crippen molar-refractivity contribution in [1.29, 1.82) is 0 Å². The van der Waals surface area contributed by atoms with Crippen LogP contribution >= 0.6 is 0 Å². The van der Waals surface area contributed by atoms with Gasteiger partial charge in [-0.25, -0.2) is 9.13 Å². The van der Waals surface area contributed by atoms with Gasteiger partial charge in [0.25, 0.3) is 5.82 Å². The number of aromatic nitrogens is 2. The Morgan fingerprint density at radius 3 is 1.30 bits per heavy atom. The summed E-state index contributed by atoms with van der Waals surface area (Å²) in [6.07, 6.45) is 43.0. The Morgan fingerprint density at radius 1 is 0.459 bits per heavy atom. The third kappa shape index (κ3) is 19.9. The molecule has 2 nitrogen and oxygen atoms in total. The number of imidazole rings is 1. The molecular formula is C35H69N2+. The predicted molar refractivity (Wildman–Crippen MR) is 165 cm³/mol. The summed E-state index contributed by atoms with van der Waals surface area (Å²) in [5.74, 6) is 1.60. The molecule has 0 N–H and O–H groups in total. The van der Waals surface area contributed by atoms with Crippen molar-refractivity contribution in [1.82, 2.24) is 4.57 Å². The minimum absolute atomic E-state index is 1.21. The van der Waals surface area contributed by atoms with Crippen LogP contribution in [0.15, 0.2) is 12.4 Å². The maximum absolute atomic E-state index is 2.60. The molecule has 218 valence electrons. The SMILES string of the molecule is CCCCCCCCCCCCCCCCCCCc1n(CCCCCCCC)cc[n+]1CCCCC. The molecule has 1 aromatic rings. The van der Waals surface area contributed by atoms with E-state index in [-0.39, 0.29) is 0 Å². The monoisotopic (exact) mass is 518 g/mol. The van der Waals surface area contributed by atoms with Gasteiger partial charge in [-0.1, -0.05) is 156 Å². The highest BCUT2D eigenvalue weighted by Crippen LogP contribution is 2.15. The van der Waals surface area contributed by atoms with E-state index in [9.17, 15) is 0 Å². The van der Waals surface area contributed by atoms with Gasteiger partial charge in [0.15, 0.2) is 0 Å². The minimum Gasteiger partial charge on any atom is -0.234 e. The lowest BCUT2D eigenvalue weighted by Gasteiger charge is -2.07. The first-order valence-corrected chi connectivity index (χ1v) is 17.4. The molecule has 0 aromatic carbocycles. The van der Waals surface area contributed by atoms with Gasteiger partial charge in [0.1, 0.15) is 12.4 Å². The lowest BCUT2D eigenvalue weighted by molar-refractivity contribution is -0.704. The van der Waals surface area contributed by atoms with E-state index in [1.807, 2.05) is 0 Å². The predicted octanol–water partition coefficient (Wildman–Crippen LogP) is 11.5. The molecule has 0 unspecified atom stereocenters. The molecule has 0 spiro atoms. The topological polar surface area (TPSA) is 8.81 Å². The molecule has 1 aromatic heterocycles. The van der Waals surface area contributed by atoms with Crippen LogP contribution in [0.4, 0.5) is 0 Å². The van der Waals surface area contributed by atoms with Gasteiger partial charge in [0.2, 0.25) is 0 Å². The highest BCUT2D eigenvalue weighted by molar-refractivity contribution is 4.84. The van der Waals surface area contributed by atoms with Gasteiger partial charge in [0, 0.05) is 6.42 Å². The van der Waals surface area contributed by atoms with Crippen molar-refractivity contribution in [3.63, 3.8) is 0 Å². The Kier molecular flexibility index (Phi) is 24.8. The van der Waals surface area contributed by atoms with Crippen LogP contribution in [0.2, 0.25) is 0 Å². The second-order valence-corrected chi connectivity index (χ2v) is 12.0. The van der Waals surface area contributed by atoms with E-state index in [1.165, 1.54) is 186 Å². The van der Waals surface area contributed by atoms with Crippen molar-refractivity contribution in [2.75, 3.05) is 0 Å². The van der Waals surface area contributed by atoms with E-state index < -0.39 is 0 Å². The largest absolute Gasteiger partial charge is 0.256 e. The molecule has 0 atom stereocenters. The molecule has 0 bridgehead atoms. The van der Waals surface area contributed by atoms with Crippen LogP contribution in [0.25, 0.3) is 0 Å². The van der Waals surface area contributed by atoms with Crippen LogP contribution in [0.5, 0.6) is 0 Å². The Morgan fingerprint density at radius 2 is 0.838 bits per heavy atom.